The standard InChI is InChI=1S/C92H86N12/c1-55-17-21-59-47-93-51-97-81(59)85(55)101(67-33-25-63(26-34-67)89(5,6)7)75-45-76(102(68-35-27-64(28-36-68)90(8,9)10)86-56(2)18-22-60-48-94-52-98-82(60)86)72-43-44-74-78(104(70-39-31-66(32-40-70)92(14,15)16)88-58(4)20-24-62-50-96-54-100-84(62)88)46-77(73-42-41-71(75)79(72)80(73)74)103(69-37-29-65(30-38-69)91(11,12)13)87-57(3)19-23-61-49-95-53-99-83(61)87/h17-54H,1-16H3. The summed E-state index contributed by atoms with van der Waals surface area (Å²) in [4.78, 5) is 49.3. The van der Waals surface area contributed by atoms with Gasteiger partial charge in [0.05, 0.1) is 67.6 Å². The highest BCUT2D eigenvalue weighted by molar-refractivity contribution is 6.33. The lowest BCUT2D eigenvalue weighted by atomic mass is 9.86. The van der Waals surface area contributed by atoms with Crippen molar-refractivity contribution in [3.8, 4) is 0 Å². The van der Waals surface area contributed by atoms with Crippen LogP contribution in [-0.2, 0) is 21.7 Å². The maximum atomic E-state index is 5.22. The van der Waals surface area contributed by atoms with Gasteiger partial charge in [-0.15, -0.1) is 0 Å². The van der Waals surface area contributed by atoms with Crippen molar-refractivity contribution in [1.29, 1.82) is 0 Å². The van der Waals surface area contributed by atoms with Gasteiger partial charge in [0.15, 0.2) is 0 Å². The lowest BCUT2D eigenvalue weighted by Gasteiger charge is -2.36. The van der Waals surface area contributed by atoms with Crippen LogP contribution in [0.3, 0.4) is 0 Å². The summed E-state index contributed by atoms with van der Waals surface area (Å²) in [6.07, 6.45) is 14.4. The van der Waals surface area contributed by atoms with Gasteiger partial charge in [0, 0.05) is 101 Å². The minimum absolute atomic E-state index is 0.121. The Labute approximate surface area is 609 Å². The SMILES string of the molecule is Cc1ccc2cncnc2c1N(c1ccc(C(C)(C)C)cc1)c1cc(N(c2ccc(C(C)(C)C)cc2)c2c(C)ccc3cncnc23)c2ccc3c(N(c4ccc(C(C)(C)C)cc4)c4c(C)ccc5cncnc45)cc(N(c4ccc(C(C)(C)C)cc4)c4c(C)ccc5cncnc45)c4ccc1c2c43. The van der Waals surface area contributed by atoms with E-state index in [1.807, 2.05) is 24.8 Å². The largest absolute Gasteiger partial charge is 0.307 e. The van der Waals surface area contributed by atoms with Crippen molar-refractivity contribution in [2.24, 2.45) is 0 Å². The normalized spacial score (nSPS) is 12.4. The minimum Gasteiger partial charge on any atom is -0.307 e. The predicted molar refractivity (Wildman–Crippen MR) is 435 cm³/mol. The highest BCUT2D eigenvalue weighted by Gasteiger charge is 2.34. The Morgan fingerprint density at radius 1 is 0.240 bits per heavy atom. The molecule has 12 aromatic carbocycles. The molecule has 0 saturated heterocycles. The first kappa shape index (κ1) is 66.8. The Bertz CT molecular complexity index is 5290. The second-order valence-electron chi connectivity index (χ2n) is 32.2. The van der Waals surface area contributed by atoms with E-state index in [4.69, 9.17) is 19.9 Å². The molecule has 0 spiro atoms. The van der Waals surface area contributed by atoms with Gasteiger partial charge in [-0.05, 0) is 155 Å². The molecule has 0 unspecified atom stereocenters. The van der Waals surface area contributed by atoms with Crippen LogP contribution in [0.1, 0.15) is 128 Å². The number of benzene rings is 12. The number of hydrogen-bond donors (Lipinski definition) is 0. The first-order chi connectivity index (χ1) is 49.8. The Balaban J connectivity index is 1.15. The van der Waals surface area contributed by atoms with Gasteiger partial charge < -0.3 is 19.6 Å². The second kappa shape index (κ2) is 25.0. The molecule has 12 nitrogen and oxygen atoms in total. The first-order valence-electron chi connectivity index (χ1n) is 36.0. The molecule has 0 fully saturated rings. The second-order valence-corrected chi connectivity index (χ2v) is 32.2. The van der Waals surface area contributed by atoms with Crippen molar-refractivity contribution in [2.75, 3.05) is 19.6 Å². The van der Waals surface area contributed by atoms with Crippen LogP contribution in [0.2, 0.25) is 0 Å². The van der Waals surface area contributed by atoms with Crippen LogP contribution >= 0.6 is 0 Å². The number of nitrogens with zero attached hydrogens (tertiary/aromatic N) is 12. The number of hydrogen-bond acceptors (Lipinski definition) is 12. The van der Waals surface area contributed by atoms with E-state index < -0.39 is 0 Å². The lowest BCUT2D eigenvalue weighted by molar-refractivity contribution is 0.590. The third kappa shape index (κ3) is 11.5. The summed E-state index contributed by atoms with van der Waals surface area (Å²) >= 11 is 0. The first-order valence-corrected chi connectivity index (χ1v) is 36.0. The number of anilines is 12. The van der Waals surface area contributed by atoms with Gasteiger partial charge in [0.1, 0.15) is 25.3 Å². The molecule has 0 bridgehead atoms. The molecule has 0 aliphatic heterocycles. The Morgan fingerprint density at radius 3 is 0.635 bits per heavy atom. The molecule has 0 radical (unpaired) electrons. The van der Waals surface area contributed by atoms with Crippen LogP contribution in [0.5, 0.6) is 0 Å². The summed E-state index contributed by atoms with van der Waals surface area (Å²) in [5.74, 6) is 0. The van der Waals surface area contributed by atoms with Crippen molar-refractivity contribution in [1.82, 2.24) is 39.9 Å². The predicted octanol–water partition coefficient (Wildman–Crippen LogP) is 24.7. The summed E-state index contributed by atoms with van der Waals surface area (Å²) in [6, 6.07) is 68.5. The molecule has 16 rings (SSSR count). The van der Waals surface area contributed by atoms with E-state index in [2.05, 4.69) is 332 Å². The molecule has 514 valence electrons. The molecule has 0 saturated carbocycles. The van der Waals surface area contributed by atoms with Crippen LogP contribution in [0.15, 0.2) is 232 Å². The quantitative estimate of drug-likeness (QED) is 0.108. The number of rotatable bonds is 12. The Hall–Kier alpha value is -11.8. The Morgan fingerprint density at radius 2 is 0.442 bits per heavy atom. The van der Waals surface area contributed by atoms with E-state index in [0.29, 0.717) is 0 Å². The average Bonchev–Trinajstić information content (AvgIpc) is 0.695. The lowest BCUT2D eigenvalue weighted by Crippen LogP contribution is -2.18. The molecule has 0 amide bonds. The molecular formula is C92H86N12. The monoisotopic (exact) mass is 1360 g/mol. The van der Waals surface area contributed by atoms with E-state index in [1.54, 1.807) is 25.3 Å². The number of aryl methyl sites for hydroxylation is 4. The van der Waals surface area contributed by atoms with Crippen LogP contribution in [-0.4, -0.2) is 39.9 Å². The fourth-order valence-corrected chi connectivity index (χ4v) is 15.3. The minimum atomic E-state index is -0.121. The van der Waals surface area contributed by atoms with E-state index in [9.17, 15) is 0 Å². The van der Waals surface area contributed by atoms with Gasteiger partial charge in [0.2, 0.25) is 0 Å². The number of fused-ring (bicyclic) bond motifs is 4. The molecule has 0 aliphatic rings. The van der Waals surface area contributed by atoms with Crippen LogP contribution in [0, 0.1) is 27.7 Å². The van der Waals surface area contributed by atoms with Gasteiger partial charge in [-0.2, -0.15) is 0 Å². The molecule has 0 N–H and O–H groups in total. The van der Waals surface area contributed by atoms with E-state index in [1.165, 1.54) is 22.3 Å². The molecule has 0 atom stereocenters. The summed E-state index contributed by atoms with van der Waals surface area (Å²) in [5, 5.41) is 9.94. The molecule has 4 aromatic heterocycles. The summed E-state index contributed by atoms with van der Waals surface area (Å²) in [5.41, 5.74) is 23.4. The number of aromatic nitrogens is 8. The van der Waals surface area contributed by atoms with Crippen LogP contribution in [0.4, 0.5) is 68.2 Å². The highest BCUT2D eigenvalue weighted by atomic mass is 15.2. The highest BCUT2D eigenvalue weighted by Crippen LogP contribution is 2.58. The maximum Gasteiger partial charge on any atom is 0.116 e. The topological polar surface area (TPSA) is 116 Å². The van der Waals surface area contributed by atoms with Crippen molar-refractivity contribution in [3.05, 3.63) is 277 Å². The zero-order valence-corrected chi connectivity index (χ0v) is 62.3. The van der Waals surface area contributed by atoms with Gasteiger partial charge in [0.25, 0.3) is 0 Å². The molecule has 104 heavy (non-hydrogen) atoms. The molecular weight excluding hydrogens is 1270 g/mol. The summed E-state index contributed by atoms with van der Waals surface area (Å²) in [6.45, 7) is 36.1. The maximum absolute atomic E-state index is 5.22. The van der Waals surface area contributed by atoms with Gasteiger partial charge in [-0.3, -0.25) is 0 Å². The van der Waals surface area contributed by atoms with Crippen LogP contribution in [0.25, 0.3) is 75.9 Å². The van der Waals surface area contributed by atoms with Crippen molar-refractivity contribution >= 4 is 144 Å². The zero-order chi connectivity index (χ0) is 72.5. The Kier molecular flexibility index (Phi) is 16.1. The van der Waals surface area contributed by atoms with E-state index >= 15 is 0 Å². The van der Waals surface area contributed by atoms with E-state index in [-0.39, 0.29) is 21.7 Å². The molecule has 0 aliphatic carbocycles. The van der Waals surface area contributed by atoms with Gasteiger partial charge in [-0.1, -0.05) is 204 Å². The van der Waals surface area contributed by atoms with Gasteiger partial charge >= 0.3 is 0 Å². The van der Waals surface area contributed by atoms with Crippen LogP contribution < -0.4 is 19.6 Å². The molecule has 16 aromatic rings. The summed E-state index contributed by atoms with van der Waals surface area (Å²) < 4.78 is 0. The summed E-state index contributed by atoms with van der Waals surface area (Å²) in [7, 11) is 0. The molecule has 12 heteroatoms. The third-order valence-corrected chi connectivity index (χ3v) is 21.0. The fraction of sp³-hybridized carbons (Fsp3) is 0.217. The smallest absolute Gasteiger partial charge is 0.116 e. The van der Waals surface area contributed by atoms with Crippen molar-refractivity contribution in [2.45, 2.75) is 132 Å². The van der Waals surface area contributed by atoms with Gasteiger partial charge in [-0.25, -0.2) is 39.9 Å². The fourth-order valence-electron chi connectivity index (χ4n) is 15.3. The average molecular weight is 1360 g/mol. The zero-order valence-electron chi connectivity index (χ0n) is 62.3. The van der Waals surface area contributed by atoms with Crippen molar-refractivity contribution in [3.63, 3.8) is 0 Å². The van der Waals surface area contributed by atoms with Crippen molar-refractivity contribution < 1.29 is 0 Å². The molecule has 4 heterocycles. The van der Waals surface area contributed by atoms with E-state index in [0.717, 1.165) is 166 Å². The third-order valence-electron chi connectivity index (χ3n) is 21.0.